The Kier molecular flexibility index (Phi) is 6.61. The number of carbonyl (C=O) groups excluding carboxylic acids is 1. The van der Waals surface area contributed by atoms with Gasteiger partial charge >= 0.3 is 6.36 Å². The number of likely N-dealkylation sites (tertiary alicyclic amines) is 1. The van der Waals surface area contributed by atoms with Crippen molar-refractivity contribution in [2.75, 3.05) is 13.1 Å². The largest absolute Gasteiger partial charge is 0.573 e. The Morgan fingerprint density at radius 3 is 2.71 bits per heavy atom. The third-order valence-corrected chi connectivity index (χ3v) is 4.85. The fourth-order valence-corrected chi connectivity index (χ4v) is 3.51. The van der Waals surface area contributed by atoms with Crippen LogP contribution < -0.4 is 4.74 Å². The van der Waals surface area contributed by atoms with Crippen LogP contribution in [0.1, 0.15) is 28.8 Å². The first kappa shape index (κ1) is 20.7. The molecule has 3 rings (SSSR count). The normalized spacial score (nSPS) is 17.4. The lowest BCUT2D eigenvalue weighted by Gasteiger charge is -2.32. The number of piperidine rings is 1. The number of alkyl halides is 3. The van der Waals surface area contributed by atoms with Crippen molar-refractivity contribution < 1.29 is 27.4 Å². The van der Waals surface area contributed by atoms with Crippen LogP contribution in [0.5, 0.6) is 5.75 Å². The monoisotopic (exact) mass is 457 g/mol. The molecule has 28 heavy (non-hydrogen) atoms. The molecule has 0 aromatic heterocycles. The number of carbonyl (C=O) groups is 1. The van der Waals surface area contributed by atoms with Crippen molar-refractivity contribution in [2.24, 2.45) is 0 Å². The number of amides is 1. The molecule has 1 atom stereocenters. The molecule has 2 aromatic rings. The van der Waals surface area contributed by atoms with E-state index in [9.17, 15) is 18.0 Å². The number of hydrogen-bond donors (Lipinski definition) is 0. The summed E-state index contributed by atoms with van der Waals surface area (Å²) in [7, 11) is 0. The third-order valence-electron chi connectivity index (χ3n) is 4.35. The van der Waals surface area contributed by atoms with Gasteiger partial charge < -0.3 is 14.4 Å². The van der Waals surface area contributed by atoms with Crippen molar-refractivity contribution in [3.8, 4) is 5.75 Å². The summed E-state index contributed by atoms with van der Waals surface area (Å²) >= 11 is 3.36. The van der Waals surface area contributed by atoms with E-state index in [1.54, 1.807) is 23.1 Å². The van der Waals surface area contributed by atoms with Gasteiger partial charge in [0.1, 0.15) is 5.75 Å². The van der Waals surface area contributed by atoms with Gasteiger partial charge in [-0.05, 0) is 48.7 Å². The second kappa shape index (κ2) is 8.96. The Hall–Kier alpha value is -2.06. The Balaban J connectivity index is 1.57. The van der Waals surface area contributed by atoms with Crippen molar-refractivity contribution in [2.45, 2.75) is 31.9 Å². The van der Waals surface area contributed by atoms with Crippen LogP contribution >= 0.6 is 15.9 Å². The van der Waals surface area contributed by atoms with Gasteiger partial charge in [0.15, 0.2) is 0 Å². The molecular formula is C20H19BrF3NO3. The van der Waals surface area contributed by atoms with E-state index < -0.39 is 6.36 Å². The van der Waals surface area contributed by atoms with Crippen molar-refractivity contribution in [3.05, 3.63) is 64.1 Å². The van der Waals surface area contributed by atoms with E-state index in [-0.39, 0.29) is 24.4 Å². The number of nitrogens with zero attached hydrogens (tertiary/aromatic N) is 1. The minimum absolute atomic E-state index is 0.0600. The maximum Gasteiger partial charge on any atom is 0.573 e. The Morgan fingerprint density at radius 1 is 1.18 bits per heavy atom. The predicted octanol–water partition coefficient (Wildman–Crippen LogP) is 5.17. The lowest BCUT2D eigenvalue weighted by atomic mass is 10.1. The number of hydrogen-bond acceptors (Lipinski definition) is 3. The van der Waals surface area contributed by atoms with Crippen LogP contribution in [0.4, 0.5) is 13.2 Å². The van der Waals surface area contributed by atoms with E-state index in [0.29, 0.717) is 24.2 Å². The summed E-state index contributed by atoms with van der Waals surface area (Å²) in [6.45, 7) is 1.25. The highest BCUT2D eigenvalue weighted by Gasteiger charge is 2.31. The fourth-order valence-electron chi connectivity index (χ4n) is 3.11. The summed E-state index contributed by atoms with van der Waals surface area (Å²) in [6.07, 6.45) is -3.30. The van der Waals surface area contributed by atoms with Gasteiger partial charge in [-0.3, -0.25) is 4.79 Å². The van der Waals surface area contributed by atoms with Gasteiger partial charge in [-0.25, -0.2) is 0 Å². The standard InChI is InChI=1S/C20H19BrF3NO3/c21-16-6-2-5-15(11-16)19(26)25-9-3-8-18(12-25)27-13-14-4-1-7-17(10-14)28-20(22,23)24/h1-2,4-7,10-11,18H,3,8-9,12-13H2/t18-/m0/s1. The quantitative estimate of drug-likeness (QED) is 0.621. The zero-order valence-corrected chi connectivity index (χ0v) is 16.5. The molecule has 150 valence electrons. The molecule has 0 aliphatic carbocycles. The average molecular weight is 458 g/mol. The van der Waals surface area contributed by atoms with Crippen LogP contribution in [-0.4, -0.2) is 36.4 Å². The summed E-state index contributed by atoms with van der Waals surface area (Å²) < 4.78 is 47.6. The molecule has 0 unspecified atom stereocenters. The molecule has 2 aromatic carbocycles. The Labute approximate surface area is 169 Å². The highest BCUT2D eigenvalue weighted by atomic mass is 79.9. The van der Waals surface area contributed by atoms with Crippen LogP contribution in [0, 0.1) is 0 Å². The van der Waals surface area contributed by atoms with Crippen LogP contribution in [0.2, 0.25) is 0 Å². The molecule has 1 amide bonds. The molecular weight excluding hydrogens is 439 g/mol. The smallest absolute Gasteiger partial charge is 0.406 e. The molecule has 1 aliphatic rings. The molecule has 1 aliphatic heterocycles. The van der Waals surface area contributed by atoms with E-state index in [2.05, 4.69) is 20.7 Å². The zero-order chi connectivity index (χ0) is 20.1. The number of halogens is 4. The minimum Gasteiger partial charge on any atom is -0.406 e. The maximum absolute atomic E-state index is 12.7. The van der Waals surface area contributed by atoms with Gasteiger partial charge in [0, 0.05) is 23.1 Å². The molecule has 0 radical (unpaired) electrons. The van der Waals surface area contributed by atoms with Crippen molar-refractivity contribution in [1.82, 2.24) is 4.90 Å². The minimum atomic E-state index is -4.73. The summed E-state index contributed by atoms with van der Waals surface area (Å²) in [6, 6.07) is 12.9. The third kappa shape index (κ3) is 5.97. The maximum atomic E-state index is 12.7. The molecule has 4 nitrogen and oxygen atoms in total. The van der Waals surface area contributed by atoms with Crippen molar-refractivity contribution >= 4 is 21.8 Å². The second-order valence-corrected chi connectivity index (χ2v) is 7.45. The summed E-state index contributed by atoms with van der Waals surface area (Å²) in [4.78, 5) is 14.4. The van der Waals surface area contributed by atoms with E-state index >= 15 is 0 Å². The second-order valence-electron chi connectivity index (χ2n) is 6.53. The van der Waals surface area contributed by atoms with Gasteiger partial charge in [-0.2, -0.15) is 0 Å². The van der Waals surface area contributed by atoms with E-state index in [0.717, 1.165) is 17.3 Å². The molecule has 1 fully saturated rings. The van der Waals surface area contributed by atoms with Gasteiger partial charge in [-0.15, -0.1) is 13.2 Å². The first-order chi connectivity index (χ1) is 13.3. The molecule has 8 heteroatoms. The molecule has 0 bridgehead atoms. The molecule has 0 N–H and O–H groups in total. The van der Waals surface area contributed by atoms with Gasteiger partial charge in [0.2, 0.25) is 0 Å². The summed E-state index contributed by atoms with van der Waals surface area (Å²) in [5.41, 5.74) is 1.18. The highest BCUT2D eigenvalue weighted by molar-refractivity contribution is 9.10. The fraction of sp³-hybridized carbons (Fsp3) is 0.350. The number of rotatable bonds is 5. The molecule has 1 saturated heterocycles. The first-order valence-electron chi connectivity index (χ1n) is 8.81. The highest BCUT2D eigenvalue weighted by Crippen LogP contribution is 2.24. The van der Waals surface area contributed by atoms with Crippen LogP contribution in [-0.2, 0) is 11.3 Å². The number of ether oxygens (including phenoxy) is 2. The Morgan fingerprint density at radius 2 is 1.96 bits per heavy atom. The van der Waals surface area contributed by atoms with Gasteiger partial charge in [0.25, 0.3) is 5.91 Å². The lowest BCUT2D eigenvalue weighted by Crippen LogP contribution is -2.43. The zero-order valence-electron chi connectivity index (χ0n) is 14.9. The van der Waals surface area contributed by atoms with Crippen LogP contribution in [0.3, 0.4) is 0 Å². The van der Waals surface area contributed by atoms with E-state index in [1.165, 1.54) is 18.2 Å². The molecule has 0 spiro atoms. The van der Waals surface area contributed by atoms with Gasteiger partial charge in [-0.1, -0.05) is 34.1 Å². The van der Waals surface area contributed by atoms with Crippen molar-refractivity contribution in [1.29, 1.82) is 0 Å². The average Bonchev–Trinajstić information content (AvgIpc) is 2.65. The van der Waals surface area contributed by atoms with Crippen LogP contribution in [0.25, 0.3) is 0 Å². The molecule has 0 saturated carbocycles. The van der Waals surface area contributed by atoms with Gasteiger partial charge in [0.05, 0.1) is 12.7 Å². The first-order valence-corrected chi connectivity index (χ1v) is 9.60. The SMILES string of the molecule is O=C(c1cccc(Br)c1)N1CCC[C@H](OCc2cccc(OC(F)(F)F)c2)C1. The summed E-state index contributed by atoms with van der Waals surface area (Å²) in [5.74, 6) is -0.334. The van der Waals surface area contributed by atoms with E-state index in [1.807, 2.05) is 12.1 Å². The van der Waals surface area contributed by atoms with Crippen molar-refractivity contribution in [3.63, 3.8) is 0 Å². The molecule has 1 heterocycles. The topological polar surface area (TPSA) is 38.8 Å². The lowest BCUT2D eigenvalue weighted by molar-refractivity contribution is -0.274. The van der Waals surface area contributed by atoms with E-state index in [4.69, 9.17) is 4.74 Å². The summed E-state index contributed by atoms with van der Waals surface area (Å²) in [5, 5.41) is 0. The predicted molar refractivity (Wildman–Crippen MR) is 101 cm³/mol. The number of benzene rings is 2. The Bertz CT molecular complexity index is 828. The van der Waals surface area contributed by atoms with Crippen LogP contribution in [0.15, 0.2) is 53.0 Å².